The predicted molar refractivity (Wildman–Crippen MR) is 165 cm³/mol. The fraction of sp³-hybridized carbons (Fsp3) is 0.355. The Hall–Kier alpha value is -3.14. The SMILES string of the molecule is CS(=O)(=O)N(CC(=O)N(Cc1ccc(F)cc1)C(Cc1ccccc1)C(=O)NC1CCCCC1)c1cccc(Cl)c1Cl. The molecular weight excluding hydrogens is 600 g/mol. The molecule has 0 radical (unpaired) electrons. The van der Waals surface area contributed by atoms with Gasteiger partial charge in [0.25, 0.3) is 0 Å². The second kappa shape index (κ2) is 14.4. The number of carbonyl (C=O) groups is 2. The van der Waals surface area contributed by atoms with E-state index in [1.54, 1.807) is 0 Å². The lowest BCUT2D eigenvalue weighted by Gasteiger charge is -2.35. The number of hydrogen-bond donors (Lipinski definition) is 1. The van der Waals surface area contributed by atoms with Gasteiger partial charge in [0.15, 0.2) is 0 Å². The van der Waals surface area contributed by atoms with Crippen LogP contribution in [0.15, 0.2) is 72.8 Å². The molecule has 1 aliphatic rings. The first kappa shape index (κ1) is 31.8. The predicted octanol–water partition coefficient (Wildman–Crippen LogP) is 5.99. The number of nitrogens with one attached hydrogen (secondary N) is 1. The number of sulfonamides is 1. The maximum atomic E-state index is 14.2. The summed E-state index contributed by atoms with van der Waals surface area (Å²) in [4.78, 5) is 29.5. The molecule has 3 aromatic rings. The fourth-order valence-corrected chi connectivity index (χ4v) is 6.47. The highest BCUT2D eigenvalue weighted by molar-refractivity contribution is 7.92. The summed E-state index contributed by atoms with van der Waals surface area (Å²) in [7, 11) is -4.00. The highest BCUT2D eigenvalue weighted by Crippen LogP contribution is 2.34. The van der Waals surface area contributed by atoms with Crippen LogP contribution in [0, 0.1) is 5.82 Å². The minimum Gasteiger partial charge on any atom is -0.352 e. The molecule has 0 saturated heterocycles. The van der Waals surface area contributed by atoms with Crippen LogP contribution in [0.3, 0.4) is 0 Å². The maximum absolute atomic E-state index is 14.2. The fourth-order valence-electron chi connectivity index (χ4n) is 5.16. The van der Waals surface area contributed by atoms with Gasteiger partial charge in [-0.25, -0.2) is 12.8 Å². The average molecular weight is 635 g/mol. The largest absolute Gasteiger partial charge is 0.352 e. The van der Waals surface area contributed by atoms with E-state index in [0.717, 1.165) is 48.2 Å². The number of benzene rings is 3. The zero-order valence-corrected chi connectivity index (χ0v) is 25.6. The van der Waals surface area contributed by atoms with Crippen molar-refractivity contribution in [3.8, 4) is 0 Å². The van der Waals surface area contributed by atoms with Gasteiger partial charge in [-0.3, -0.25) is 13.9 Å². The van der Waals surface area contributed by atoms with Crippen molar-refractivity contribution in [2.45, 2.75) is 57.2 Å². The number of hydrogen-bond acceptors (Lipinski definition) is 4. The monoisotopic (exact) mass is 633 g/mol. The number of carbonyl (C=O) groups excluding carboxylic acids is 2. The van der Waals surface area contributed by atoms with Crippen molar-refractivity contribution in [1.82, 2.24) is 10.2 Å². The molecule has 4 rings (SSSR count). The van der Waals surface area contributed by atoms with Crippen LogP contribution in [0.2, 0.25) is 10.0 Å². The van der Waals surface area contributed by atoms with Gasteiger partial charge in [0, 0.05) is 19.0 Å². The summed E-state index contributed by atoms with van der Waals surface area (Å²) in [5, 5.41) is 3.25. The number of anilines is 1. The van der Waals surface area contributed by atoms with E-state index in [0.29, 0.717) is 5.56 Å². The normalized spacial score (nSPS) is 14.7. The topological polar surface area (TPSA) is 86.8 Å². The van der Waals surface area contributed by atoms with E-state index in [9.17, 15) is 22.4 Å². The van der Waals surface area contributed by atoms with E-state index in [2.05, 4.69) is 5.32 Å². The molecule has 1 saturated carbocycles. The molecule has 1 fully saturated rings. The summed E-state index contributed by atoms with van der Waals surface area (Å²) in [5.41, 5.74) is 1.46. The second-order valence-electron chi connectivity index (χ2n) is 10.5. The molecule has 0 aliphatic heterocycles. The molecular formula is C31H34Cl2FN3O4S. The van der Waals surface area contributed by atoms with Gasteiger partial charge in [-0.05, 0) is 48.2 Å². The van der Waals surface area contributed by atoms with Crippen LogP contribution >= 0.6 is 23.2 Å². The lowest BCUT2D eigenvalue weighted by molar-refractivity contribution is -0.140. The zero-order valence-electron chi connectivity index (χ0n) is 23.3. The average Bonchev–Trinajstić information content (AvgIpc) is 2.96. The molecule has 1 atom stereocenters. The Morgan fingerprint density at radius 1 is 0.929 bits per heavy atom. The molecule has 11 heteroatoms. The molecule has 1 N–H and O–H groups in total. The van der Waals surface area contributed by atoms with Gasteiger partial charge in [0.05, 0.1) is 22.0 Å². The lowest BCUT2D eigenvalue weighted by atomic mass is 9.94. The van der Waals surface area contributed by atoms with Crippen LogP contribution in [0.25, 0.3) is 0 Å². The van der Waals surface area contributed by atoms with Crippen molar-refractivity contribution >= 4 is 50.7 Å². The van der Waals surface area contributed by atoms with Crippen LogP contribution in [-0.2, 0) is 32.6 Å². The smallest absolute Gasteiger partial charge is 0.244 e. The molecule has 1 aliphatic carbocycles. The molecule has 3 aromatic carbocycles. The number of halogens is 3. The summed E-state index contributed by atoms with van der Waals surface area (Å²) in [6.07, 6.45) is 6.01. The molecule has 224 valence electrons. The summed E-state index contributed by atoms with van der Waals surface area (Å²) in [6.45, 7) is -0.669. The molecule has 0 aromatic heterocycles. The summed E-state index contributed by atoms with van der Waals surface area (Å²) in [5.74, 6) is -1.39. The van der Waals surface area contributed by atoms with Crippen LogP contribution in [-0.4, -0.2) is 50.0 Å². The molecule has 7 nitrogen and oxygen atoms in total. The minimum atomic E-state index is -4.00. The Bertz CT molecular complexity index is 1480. The lowest BCUT2D eigenvalue weighted by Crippen LogP contribution is -2.55. The maximum Gasteiger partial charge on any atom is 0.244 e. The highest BCUT2D eigenvalue weighted by atomic mass is 35.5. The molecule has 0 bridgehead atoms. The van der Waals surface area contributed by atoms with Crippen LogP contribution in [0.4, 0.5) is 10.1 Å². The Morgan fingerprint density at radius 2 is 1.60 bits per heavy atom. The Balaban J connectivity index is 1.73. The van der Waals surface area contributed by atoms with E-state index in [4.69, 9.17) is 23.2 Å². The first-order valence-electron chi connectivity index (χ1n) is 13.8. The first-order chi connectivity index (χ1) is 20.0. The standard InChI is InChI=1S/C31H34Cl2FN3O4S/c1-42(40,41)37(27-14-8-13-26(32)30(27)33)21-29(38)36(20-23-15-17-24(34)18-16-23)28(19-22-9-4-2-5-10-22)31(39)35-25-11-6-3-7-12-25/h2,4-5,8-10,13-18,25,28H,3,6-7,11-12,19-21H2,1H3,(H,35,39). The number of nitrogens with zero attached hydrogens (tertiary/aromatic N) is 2. The summed E-state index contributed by atoms with van der Waals surface area (Å²) >= 11 is 12.5. The third-order valence-corrected chi connectivity index (χ3v) is 9.30. The van der Waals surface area contributed by atoms with Gasteiger partial charge >= 0.3 is 0 Å². The third-order valence-electron chi connectivity index (χ3n) is 7.37. The van der Waals surface area contributed by atoms with E-state index in [1.165, 1.54) is 47.4 Å². The van der Waals surface area contributed by atoms with Crippen molar-refractivity contribution < 1.29 is 22.4 Å². The molecule has 42 heavy (non-hydrogen) atoms. The summed E-state index contributed by atoms with van der Waals surface area (Å²) in [6, 6.07) is 18.5. The van der Waals surface area contributed by atoms with Gasteiger partial charge in [0.2, 0.25) is 21.8 Å². The first-order valence-corrected chi connectivity index (χ1v) is 16.4. The van der Waals surface area contributed by atoms with E-state index < -0.39 is 34.3 Å². The Morgan fingerprint density at radius 3 is 2.24 bits per heavy atom. The van der Waals surface area contributed by atoms with Crippen molar-refractivity contribution in [3.05, 3.63) is 99.8 Å². The van der Waals surface area contributed by atoms with Gasteiger partial charge in [-0.1, -0.05) is 91.0 Å². The van der Waals surface area contributed by atoms with Crippen molar-refractivity contribution in [2.75, 3.05) is 17.1 Å². The number of rotatable bonds is 11. The van der Waals surface area contributed by atoms with Crippen molar-refractivity contribution in [3.63, 3.8) is 0 Å². The quantitative estimate of drug-likeness (QED) is 0.281. The van der Waals surface area contributed by atoms with Crippen molar-refractivity contribution in [1.29, 1.82) is 0 Å². The van der Waals surface area contributed by atoms with E-state index in [1.807, 2.05) is 30.3 Å². The summed E-state index contributed by atoms with van der Waals surface area (Å²) < 4.78 is 40.5. The highest BCUT2D eigenvalue weighted by Gasteiger charge is 2.34. The van der Waals surface area contributed by atoms with Crippen molar-refractivity contribution in [2.24, 2.45) is 0 Å². The molecule has 0 spiro atoms. The van der Waals surface area contributed by atoms with Gasteiger partial charge < -0.3 is 10.2 Å². The Labute approximate surface area is 256 Å². The van der Waals surface area contributed by atoms with E-state index in [-0.39, 0.29) is 40.6 Å². The second-order valence-corrected chi connectivity index (χ2v) is 13.2. The molecule has 2 amide bonds. The van der Waals surface area contributed by atoms with E-state index >= 15 is 0 Å². The van der Waals surface area contributed by atoms with Gasteiger partial charge in [0.1, 0.15) is 18.4 Å². The van der Waals surface area contributed by atoms with Gasteiger partial charge in [-0.15, -0.1) is 0 Å². The Kier molecular flexibility index (Phi) is 10.9. The van der Waals surface area contributed by atoms with Crippen LogP contribution in [0.1, 0.15) is 43.2 Å². The molecule has 0 heterocycles. The molecule has 1 unspecified atom stereocenters. The third kappa shape index (κ3) is 8.46. The zero-order chi connectivity index (χ0) is 30.3. The van der Waals surface area contributed by atoms with Crippen LogP contribution in [0.5, 0.6) is 0 Å². The minimum absolute atomic E-state index is 0.00918. The van der Waals surface area contributed by atoms with Crippen LogP contribution < -0.4 is 9.62 Å². The van der Waals surface area contributed by atoms with Gasteiger partial charge in [-0.2, -0.15) is 0 Å². The number of amides is 2.